The first-order valence-corrected chi connectivity index (χ1v) is 6.07. The molecule has 0 aromatic carbocycles. The Morgan fingerprint density at radius 3 is 2.82 bits per heavy atom. The van der Waals surface area contributed by atoms with Crippen molar-refractivity contribution in [2.45, 2.75) is 27.0 Å². The molecule has 0 bridgehead atoms. The van der Waals surface area contributed by atoms with Gasteiger partial charge in [0.15, 0.2) is 5.76 Å². The monoisotopic (exact) mass is 241 g/mol. The van der Waals surface area contributed by atoms with Crippen molar-refractivity contribution < 1.29 is 9.26 Å². The number of hydrogen-bond acceptors (Lipinski definition) is 5. The van der Waals surface area contributed by atoms with Crippen molar-refractivity contribution in [3.8, 4) is 0 Å². The summed E-state index contributed by atoms with van der Waals surface area (Å²) >= 11 is 0. The molecule has 0 aliphatic carbocycles. The molecule has 1 aromatic rings. The standard InChI is InChI=1S/C12H23N3O2/c1-10(2)7-13-4-5-14-8-11-6-12(9-16-3)17-15-11/h6,10,13-14H,4-5,7-9H2,1-3H3. The fourth-order valence-electron chi connectivity index (χ4n) is 1.43. The maximum Gasteiger partial charge on any atom is 0.162 e. The van der Waals surface area contributed by atoms with E-state index in [4.69, 9.17) is 9.26 Å². The summed E-state index contributed by atoms with van der Waals surface area (Å²) in [6, 6.07) is 1.91. The van der Waals surface area contributed by atoms with Crippen molar-refractivity contribution in [1.29, 1.82) is 0 Å². The van der Waals surface area contributed by atoms with Gasteiger partial charge in [0.1, 0.15) is 6.61 Å². The Kier molecular flexibility index (Phi) is 6.84. The summed E-state index contributed by atoms with van der Waals surface area (Å²) in [7, 11) is 1.64. The molecule has 1 rings (SSSR count). The molecular weight excluding hydrogens is 218 g/mol. The van der Waals surface area contributed by atoms with Crippen LogP contribution < -0.4 is 10.6 Å². The first kappa shape index (κ1) is 14.2. The predicted molar refractivity (Wildman–Crippen MR) is 66.6 cm³/mol. The number of aromatic nitrogens is 1. The summed E-state index contributed by atoms with van der Waals surface area (Å²) in [5.41, 5.74) is 0.918. The van der Waals surface area contributed by atoms with Crippen molar-refractivity contribution in [3.05, 3.63) is 17.5 Å². The average molecular weight is 241 g/mol. The quantitative estimate of drug-likeness (QED) is 0.635. The van der Waals surface area contributed by atoms with Gasteiger partial charge in [-0.05, 0) is 12.5 Å². The zero-order valence-corrected chi connectivity index (χ0v) is 11.0. The van der Waals surface area contributed by atoms with Crippen molar-refractivity contribution in [2.24, 2.45) is 5.92 Å². The highest BCUT2D eigenvalue weighted by Crippen LogP contribution is 2.03. The van der Waals surface area contributed by atoms with Crippen molar-refractivity contribution in [1.82, 2.24) is 15.8 Å². The van der Waals surface area contributed by atoms with Gasteiger partial charge in [-0.25, -0.2) is 0 Å². The van der Waals surface area contributed by atoms with Crippen molar-refractivity contribution in [2.75, 3.05) is 26.7 Å². The van der Waals surface area contributed by atoms with Crippen LogP contribution in [0.15, 0.2) is 10.6 Å². The van der Waals surface area contributed by atoms with E-state index in [1.807, 2.05) is 6.07 Å². The van der Waals surface area contributed by atoms with E-state index < -0.39 is 0 Å². The maximum absolute atomic E-state index is 5.08. The van der Waals surface area contributed by atoms with Crippen LogP contribution in [0.2, 0.25) is 0 Å². The molecule has 0 aliphatic heterocycles. The van der Waals surface area contributed by atoms with E-state index in [2.05, 4.69) is 29.6 Å². The number of nitrogens with one attached hydrogen (secondary N) is 2. The second kappa shape index (κ2) is 8.22. The lowest BCUT2D eigenvalue weighted by Crippen LogP contribution is -2.29. The van der Waals surface area contributed by atoms with Gasteiger partial charge in [-0.1, -0.05) is 19.0 Å². The van der Waals surface area contributed by atoms with E-state index in [-0.39, 0.29) is 0 Å². The molecule has 17 heavy (non-hydrogen) atoms. The van der Waals surface area contributed by atoms with Crippen LogP contribution in [0.3, 0.4) is 0 Å². The lowest BCUT2D eigenvalue weighted by atomic mass is 10.2. The van der Waals surface area contributed by atoms with Crippen LogP contribution in [0.5, 0.6) is 0 Å². The van der Waals surface area contributed by atoms with Crippen LogP contribution in [0.25, 0.3) is 0 Å². The summed E-state index contributed by atoms with van der Waals surface area (Å²) in [6.45, 7) is 8.57. The van der Waals surface area contributed by atoms with E-state index in [1.54, 1.807) is 7.11 Å². The van der Waals surface area contributed by atoms with Crippen LogP contribution in [0, 0.1) is 5.92 Å². The first-order chi connectivity index (χ1) is 8.22. The molecule has 0 fully saturated rings. The molecule has 0 saturated heterocycles. The number of ether oxygens (including phenoxy) is 1. The molecule has 1 heterocycles. The lowest BCUT2D eigenvalue weighted by Gasteiger charge is -2.07. The Hall–Kier alpha value is -0.910. The minimum absolute atomic E-state index is 0.475. The molecule has 0 amide bonds. The third-order valence-electron chi connectivity index (χ3n) is 2.23. The highest BCUT2D eigenvalue weighted by atomic mass is 16.5. The van der Waals surface area contributed by atoms with Gasteiger partial charge in [-0.3, -0.25) is 0 Å². The molecule has 0 spiro atoms. The van der Waals surface area contributed by atoms with Gasteiger partial charge in [0.25, 0.3) is 0 Å². The molecular formula is C12H23N3O2. The lowest BCUT2D eigenvalue weighted by molar-refractivity contribution is 0.155. The van der Waals surface area contributed by atoms with Crippen molar-refractivity contribution in [3.63, 3.8) is 0 Å². The van der Waals surface area contributed by atoms with Gasteiger partial charge in [0, 0.05) is 32.8 Å². The molecule has 0 aliphatic rings. The van der Waals surface area contributed by atoms with E-state index in [0.29, 0.717) is 12.5 Å². The molecule has 1 aromatic heterocycles. The summed E-state index contributed by atoms with van der Waals surface area (Å²) in [5, 5.41) is 10.6. The largest absolute Gasteiger partial charge is 0.377 e. The Labute approximate surface area is 103 Å². The number of nitrogens with zero attached hydrogens (tertiary/aromatic N) is 1. The second-order valence-electron chi connectivity index (χ2n) is 4.49. The van der Waals surface area contributed by atoms with Crippen LogP contribution in [0.4, 0.5) is 0 Å². The third kappa shape index (κ3) is 6.41. The van der Waals surface area contributed by atoms with E-state index in [1.165, 1.54) is 0 Å². The summed E-state index contributed by atoms with van der Waals surface area (Å²) in [4.78, 5) is 0. The molecule has 98 valence electrons. The fraction of sp³-hybridized carbons (Fsp3) is 0.750. The van der Waals surface area contributed by atoms with Gasteiger partial charge in [0.2, 0.25) is 0 Å². The van der Waals surface area contributed by atoms with Crippen molar-refractivity contribution >= 4 is 0 Å². The summed E-state index contributed by atoms with van der Waals surface area (Å²) < 4.78 is 10.0. The minimum Gasteiger partial charge on any atom is -0.377 e. The van der Waals surface area contributed by atoms with Gasteiger partial charge >= 0.3 is 0 Å². The molecule has 2 N–H and O–H groups in total. The Bertz CT molecular complexity index is 300. The Balaban J connectivity index is 2.05. The molecule has 0 unspecified atom stereocenters. The minimum atomic E-state index is 0.475. The summed E-state index contributed by atoms with van der Waals surface area (Å²) in [6.07, 6.45) is 0. The second-order valence-corrected chi connectivity index (χ2v) is 4.49. The maximum atomic E-state index is 5.08. The van der Waals surface area contributed by atoms with E-state index >= 15 is 0 Å². The van der Waals surface area contributed by atoms with Gasteiger partial charge in [-0.15, -0.1) is 0 Å². The number of hydrogen-bond donors (Lipinski definition) is 2. The molecule has 0 atom stereocenters. The Morgan fingerprint density at radius 1 is 1.35 bits per heavy atom. The van der Waals surface area contributed by atoms with Crippen LogP contribution in [-0.4, -0.2) is 31.9 Å². The highest BCUT2D eigenvalue weighted by Gasteiger charge is 2.02. The van der Waals surface area contributed by atoms with E-state index in [9.17, 15) is 0 Å². The third-order valence-corrected chi connectivity index (χ3v) is 2.23. The van der Waals surface area contributed by atoms with Gasteiger partial charge in [-0.2, -0.15) is 0 Å². The fourth-order valence-corrected chi connectivity index (χ4v) is 1.43. The van der Waals surface area contributed by atoms with Crippen LogP contribution in [-0.2, 0) is 17.9 Å². The van der Waals surface area contributed by atoms with Gasteiger partial charge < -0.3 is 19.9 Å². The average Bonchev–Trinajstić information content (AvgIpc) is 2.71. The molecule has 5 nitrogen and oxygen atoms in total. The summed E-state index contributed by atoms with van der Waals surface area (Å²) in [5.74, 6) is 1.46. The zero-order valence-electron chi connectivity index (χ0n) is 11.0. The normalized spacial score (nSPS) is 11.3. The molecule has 0 radical (unpaired) electrons. The molecule has 5 heteroatoms. The smallest absolute Gasteiger partial charge is 0.162 e. The van der Waals surface area contributed by atoms with Gasteiger partial charge in [0.05, 0.1) is 5.69 Å². The topological polar surface area (TPSA) is 59.3 Å². The number of rotatable bonds is 9. The number of methoxy groups -OCH3 is 1. The van der Waals surface area contributed by atoms with Crippen LogP contribution >= 0.6 is 0 Å². The highest BCUT2D eigenvalue weighted by molar-refractivity contribution is 5.04. The van der Waals surface area contributed by atoms with E-state index in [0.717, 1.165) is 37.6 Å². The SMILES string of the molecule is COCc1cc(CNCCNCC(C)C)no1. The van der Waals surface area contributed by atoms with Crippen LogP contribution in [0.1, 0.15) is 25.3 Å². The first-order valence-electron chi connectivity index (χ1n) is 6.07. The Morgan fingerprint density at radius 2 is 2.12 bits per heavy atom. The molecule has 0 saturated carbocycles. The predicted octanol–water partition coefficient (Wildman–Crippen LogP) is 1.16. The zero-order chi connectivity index (χ0) is 12.5.